The maximum Gasteiger partial charge on any atom is 0.335 e. The van der Waals surface area contributed by atoms with E-state index in [2.05, 4.69) is 32.7 Å². The predicted octanol–water partition coefficient (Wildman–Crippen LogP) is 3.57. The van der Waals surface area contributed by atoms with Crippen LogP contribution in [0.2, 0.25) is 0 Å². The van der Waals surface area contributed by atoms with Gasteiger partial charge in [0.25, 0.3) is 0 Å². The fraction of sp³-hybridized carbons (Fsp3) is 0.200. The summed E-state index contributed by atoms with van der Waals surface area (Å²) in [6.07, 6.45) is 3.54. The Morgan fingerprint density at radius 2 is 2.00 bits per heavy atom. The fourth-order valence-corrected chi connectivity index (χ4v) is 2.60. The first-order valence-corrected chi connectivity index (χ1v) is 7.07. The second kappa shape index (κ2) is 6.52. The van der Waals surface area contributed by atoms with Crippen LogP contribution >= 0.6 is 15.9 Å². The lowest BCUT2D eigenvalue weighted by molar-refractivity contribution is 0.0697. The van der Waals surface area contributed by atoms with E-state index < -0.39 is 5.97 Å². The second-order valence-electron chi connectivity index (χ2n) is 4.34. The standard InChI is InChI=1S/C15H15BrN2O2/c1-2-18(10-11-5-7-17-8-6-11)14-4-3-12(15(19)20)9-13(14)16/h3-9H,2,10H2,1H3,(H,19,20). The molecule has 0 atom stereocenters. The molecule has 20 heavy (non-hydrogen) atoms. The highest BCUT2D eigenvalue weighted by atomic mass is 79.9. The average Bonchev–Trinajstić information content (AvgIpc) is 2.46. The highest BCUT2D eigenvalue weighted by Crippen LogP contribution is 2.28. The summed E-state index contributed by atoms with van der Waals surface area (Å²) in [5, 5.41) is 8.99. The van der Waals surface area contributed by atoms with Crippen LogP contribution in [0.1, 0.15) is 22.8 Å². The van der Waals surface area contributed by atoms with E-state index in [1.807, 2.05) is 18.2 Å². The summed E-state index contributed by atoms with van der Waals surface area (Å²) in [6, 6.07) is 9.03. The van der Waals surface area contributed by atoms with Crippen LogP contribution in [0.4, 0.5) is 5.69 Å². The Bertz CT molecular complexity index is 602. The monoisotopic (exact) mass is 334 g/mol. The van der Waals surface area contributed by atoms with Crippen molar-refractivity contribution >= 4 is 27.6 Å². The molecule has 5 heteroatoms. The highest BCUT2D eigenvalue weighted by molar-refractivity contribution is 9.10. The van der Waals surface area contributed by atoms with Gasteiger partial charge in [-0.25, -0.2) is 4.79 Å². The molecule has 0 bridgehead atoms. The van der Waals surface area contributed by atoms with Gasteiger partial charge in [-0.15, -0.1) is 0 Å². The van der Waals surface area contributed by atoms with E-state index in [0.717, 1.165) is 28.8 Å². The maximum atomic E-state index is 11.0. The summed E-state index contributed by atoms with van der Waals surface area (Å²) < 4.78 is 0.785. The third kappa shape index (κ3) is 3.36. The van der Waals surface area contributed by atoms with Gasteiger partial charge < -0.3 is 10.0 Å². The first-order valence-electron chi connectivity index (χ1n) is 6.28. The first-order chi connectivity index (χ1) is 9.61. The molecular formula is C15H15BrN2O2. The topological polar surface area (TPSA) is 53.4 Å². The number of aromatic carboxylic acids is 1. The zero-order chi connectivity index (χ0) is 14.5. The molecule has 0 fully saturated rings. The van der Waals surface area contributed by atoms with E-state index in [-0.39, 0.29) is 5.56 Å². The quantitative estimate of drug-likeness (QED) is 0.908. The lowest BCUT2D eigenvalue weighted by atomic mass is 10.1. The number of rotatable bonds is 5. The largest absolute Gasteiger partial charge is 0.478 e. The van der Waals surface area contributed by atoms with Gasteiger partial charge in [-0.3, -0.25) is 4.98 Å². The maximum absolute atomic E-state index is 11.0. The molecule has 0 amide bonds. The lowest BCUT2D eigenvalue weighted by Gasteiger charge is -2.24. The third-order valence-electron chi connectivity index (χ3n) is 3.04. The minimum absolute atomic E-state index is 0.278. The SMILES string of the molecule is CCN(Cc1ccncc1)c1ccc(C(=O)O)cc1Br. The Hall–Kier alpha value is -1.88. The molecule has 4 nitrogen and oxygen atoms in total. The van der Waals surface area contributed by atoms with Gasteiger partial charge in [-0.2, -0.15) is 0 Å². The van der Waals surface area contributed by atoms with Gasteiger partial charge in [-0.05, 0) is 58.7 Å². The summed E-state index contributed by atoms with van der Waals surface area (Å²) in [5.41, 5.74) is 2.42. The number of benzene rings is 1. The average molecular weight is 335 g/mol. The van der Waals surface area contributed by atoms with Gasteiger partial charge in [0.2, 0.25) is 0 Å². The Morgan fingerprint density at radius 1 is 1.30 bits per heavy atom. The van der Waals surface area contributed by atoms with Crippen LogP contribution in [-0.2, 0) is 6.54 Å². The molecule has 1 N–H and O–H groups in total. The van der Waals surface area contributed by atoms with Crippen molar-refractivity contribution in [2.45, 2.75) is 13.5 Å². The van der Waals surface area contributed by atoms with Gasteiger partial charge in [-0.1, -0.05) is 0 Å². The van der Waals surface area contributed by atoms with E-state index in [0.29, 0.717) is 0 Å². The van der Waals surface area contributed by atoms with Gasteiger partial charge in [0.05, 0.1) is 11.3 Å². The van der Waals surface area contributed by atoms with Crippen LogP contribution in [0, 0.1) is 0 Å². The number of nitrogens with zero attached hydrogens (tertiary/aromatic N) is 2. The number of carboxylic acids is 1. The number of carboxylic acid groups (broad SMARTS) is 1. The van der Waals surface area contributed by atoms with Crippen molar-refractivity contribution in [2.24, 2.45) is 0 Å². The van der Waals surface area contributed by atoms with Crippen LogP contribution in [0.25, 0.3) is 0 Å². The zero-order valence-corrected chi connectivity index (χ0v) is 12.7. The van der Waals surface area contributed by atoms with E-state index in [1.54, 1.807) is 24.5 Å². The summed E-state index contributed by atoms with van der Waals surface area (Å²) in [6.45, 7) is 3.65. The van der Waals surface area contributed by atoms with Crippen molar-refractivity contribution in [2.75, 3.05) is 11.4 Å². The Morgan fingerprint density at radius 3 is 2.55 bits per heavy atom. The Kier molecular flexibility index (Phi) is 4.74. The molecule has 0 aliphatic carbocycles. The molecule has 104 valence electrons. The Balaban J connectivity index is 2.26. The molecule has 0 aliphatic rings. The molecule has 2 aromatic rings. The molecule has 1 aromatic carbocycles. The van der Waals surface area contributed by atoms with E-state index in [4.69, 9.17) is 5.11 Å². The molecule has 2 rings (SSSR count). The zero-order valence-electron chi connectivity index (χ0n) is 11.1. The number of hydrogen-bond donors (Lipinski definition) is 1. The van der Waals surface area contributed by atoms with Gasteiger partial charge in [0, 0.05) is 30.0 Å². The molecule has 0 radical (unpaired) electrons. The molecule has 0 unspecified atom stereocenters. The third-order valence-corrected chi connectivity index (χ3v) is 3.67. The number of aromatic nitrogens is 1. The minimum atomic E-state index is -0.922. The molecule has 0 spiro atoms. The fourth-order valence-electron chi connectivity index (χ4n) is 1.97. The van der Waals surface area contributed by atoms with E-state index >= 15 is 0 Å². The first kappa shape index (κ1) is 14.5. The van der Waals surface area contributed by atoms with Crippen molar-refractivity contribution in [3.63, 3.8) is 0 Å². The van der Waals surface area contributed by atoms with Gasteiger partial charge in [0.1, 0.15) is 0 Å². The van der Waals surface area contributed by atoms with Crippen LogP contribution in [-0.4, -0.2) is 22.6 Å². The normalized spacial score (nSPS) is 10.3. The molecule has 0 aliphatic heterocycles. The highest BCUT2D eigenvalue weighted by Gasteiger charge is 2.12. The molecule has 0 saturated carbocycles. The van der Waals surface area contributed by atoms with Crippen molar-refractivity contribution in [3.8, 4) is 0 Å². The van der Waals surface area contributed by atoms with Crippen molar-refractivity contribution in [1.29, 1.82) is 0 Å². The lowest BCUT2D eigenvalue weighted by Crippen LogP contribution is -2.22. The van der Waals surface area contributed by atoms with Crippen LogP contribution < -0.4 is 4.90 Å². The van der Waals surface area contributed by atoms with Crippen LogP contribution in [0.15, 0.2) is 47.2 Å². The van der Waals surface area contributed by atoms with Crippen molar-refractivity contribution in [3.05, 3.63) is 58.3 Å². The van der Waals surface area contributed by atoms with Gasteiger partial charge in [0.15, 0.2) is 0 Å². The summed E-state index contributed by atoms with van der Waals surface area (Å²) in [7, 11) is 0. The summed E-state index contributed by atoms with van der Waals surface area (Å²) in [4.78, 5) is 17.1. The summed E-state index contributed by atoms with van der Waals surface area (Å²) >= 11 is 3.45. The molecular weight excluding hydrogens is 320 g/mol. The predicted molar refractivity (Wildman–Crippen MR) is 82.1 cm³/mol. The minimum Gasteiger partial charge on any atom is -0.478 e. The van der Waals surface area contributed by atoms with E-state index in [9.17, 15) is 4.79 Å². The van der Waals surface area contributed by atoms with Crippen LogP contribution in [0.5, 0.6) is 0 Å². The molecule has 1 heterocycles. The number of carbonyl (C=O) groups is 1. The number of pyridine rings is 1. The number of anilines is 1. The summed E-state index contributed by atoms with van der Waals surface area (Å²) in [5.74, 6) is -0.922. The van der Waals surface area contributed by atoms with Crippen molar-refractivity contribution < 1.29 is 9.90 Å². The molecule has 0 saturated heterocycles. The Labute approximate surface area is 126 Å². The number of halogens is 1. The second-order valence-corrected chi connectivity index (χ2v) is 5.20. The number of hydrogen-bond acceptors (Lipinski definition) is 3. The van der Waals surface area contributed by atoms with Gasteiger partial charge >= 0.3 is 5.97 Å². The smallest absolute Gasteiger partial charge is 0.335 e. The van der Waals surface area contributed by atoms with Crippen LogP contribution in [0.3, 0.4) is 0 Å². The van der Waals surface area contributed by atoms with Crippen molar-refractivity contribution in [1.82, 2.24) is 4.98 Å². The van der Waals surface area contributed by atoms with E-state index in [1.165, 1.54) is 0 Å². The molecule has 1 aromatic heterocycles.